The molecule has 6 aliphatic carbocycles. The topological polar surface area (TPSA) is 176 Å². The second kappa shape index (κ2) is 22.1. The molecule has 14 nitrogen and oxygen atoms in total. The second-order valence-corrected chi connectivity index (χ2v) is 24.4. The summed E-state index contributed by atoms with van der Waals surface area (Å²) >= 11 is 0. The molecule has 0 aromatic rings. The van der Waals surface area contributed by atoms with E-state index in [0.29, 0.717) is 42.1 Å². The van der Waals surface area contributed by atoms with Gasteiger partial charge >= 0.3 is 35.8 Å². The predicted octanol–water partition coefficient (Wildman–Crippen LogP) is 10.0. The Bertz CT molecular complexity index is 1950. The summed E-state index contributed by atoms with van der Waals surface area (Å²) in [6.45, 7) is 32.0. The number of esters is 6. The third kappa shape index (κ3) is 11.7. The smallest absolute Gasteiger partial charge is 0.333 e. The van der Waals surface area contributed by atoms with Crippen LogP contribution in [0.2, 0.25) is 0 Å². The van der Waals surface area contributed by atoms with Crippen LogP contribution in [-0.2, 0) is 66.7 Å². The number of carbonyl (C=O) groups excluding carboxylic acids is 6. The Balaban J connectivity index is 0.000000174. The van der Waals surface area contributed by atoms with Gasteiger partial charge in [0, 0.05) is 59.9 Å². The van der Waals surface area contributed by atoms with Crippen LogP contribution in [0.25, 0.3) is 0 Å². The first kappa shape index (κ1) is 57.1. The van der Waals surface area contributed by atoms with E-state index in [9.17, 15) is 28.8 Å². The average molecular weight is 985 g/mol. The van der Waals surface area contributed by atoms with Gasteiger partial charge in [-0.1, -0.05) is 54.7 Å². The van der Waals surface area contributed by atoms with E-state index in [0.717, 1.165) is 89.9 Å². The van der Waals surface area contributed by atoms with Crippen molar-refractivity contribution in [2.75, 3.05) is 27.4 Å². The molecule has 2 saturated heterocycles. The summed E-state index contributed by atoms with van der Waals surface area (Å²) in [5.74, 6) is 0.264. The fourth-order valence-corrected chi connectivity index (χ4v) is 12.2. The minimum atomic E-state index is -0.455. The fraction of sp³-hybridized carbons (Fsp3) is 0.821. The number of rotatable bonds is 16. The monoisotopic (exact) mass is 985 g/mol. The van der Waals surface area contributed by atoms with Gasteiger partial charge in [0.25, 0.3) is 0 Å². The van der Waals surface area contributed by atoms with Crippen LogP contribution in [0.4, 0.5) is 0 Å². The van der Waals surface area contributed by atoms with Gasteiger partial charge in [-0.25, -0.2) is 9.59 Å². The number of hydrogen-bond donors (Lipinski definition) is 0. The molecule has 0 radical (unpaired) electrons. The van der Waals surface area contributed by atoms with Crippen LogP contribution in [0.15, 0.2) is 24.3 Å². The highest BCUT2D eigenvalue weighted by atomic mass is 16.6. The molecular weight excluding hydrogens is 897 g/mol. The lowest BCUT2D eigenvalue weighted by Gasteiger charge is -2.44. The Kier molecular flexibility index (Phi) is 18.1. The number of hydrogen-bond acceptors (Lipinski definition) is 14. The molecule has 0 amide bonds. The van der Waals surface area contributed by atoms with Gasteiger partial charge < -0.3 is 37.9 Å². The van der Waals surface area contributed by atoms with Gasteiger partial charge in [-0.15, -0.1) is 0 Å². The van der Waals surface area contributed by atoms with Crippen LogP contribution >= 0.6 is 0 Å². The van der Waals surface area contributed by atoms with Crippen LogP contribution in [0.3, 0.4) is 0 Å². The van der Waals surface area contributed by atoms with Crippen molar-refractivity contribution in [3.05, 3.63) is 24.3 Å². The Morgan fingerprint density at radius 1 is 0.571 bits per heavy atom. The molecule has 0 N–H and O–H groups in total. The van der Waals surface area contributed by atoms with Gasteiger partial charge in [0.2, 0.25) is 0 Å². The number of ether oxygens (including phenoxy) is 8. The van der Waals surface area contributed by atoms with Crippen molar-refractivity contribution in [3.8, 4) is 0 Å². The van der Waals surface area contributed by atoms with Crippen molar-refractivity contribution < 1.29 is 66.7 Å². The van der Waals surface area contributed by atoms with Crippen molar-refractivity contribution in [1.29, 1.82) is 0 Å². The van der Waals surface area contributed by atoms with Crippen molar-refractivity contribution in [2.24, 2.45) is 57.2 Å². The van der Waals surface area contributed by atoms with E-state index in [2.05, 4.69) is 40.9 Å². The van der Waals surface area contributed by atoms with E-state index in [1.54, 1.807) is 28.1 Å². The van der Waals surface area contributed by atoms with E-state index in [1.807, 2.05) is 41.5 Å². The summed E-state index contributed by atoms with van der Waals surface area (Å²) in [6, 6.07) is 0. The van der Waals surface area contributed by atoms with Crippen LogP contribution in [0.5, 0.6) is 0 Å². The first-order valence-electron chi connectivity index (χ1n) is 26.2. The minimum Gasteiger partial charge on any atom is -0.458 e. The number of methoxy groups -OCH3 is 2. The predicted molar refractivity (Wildman–Crippen MR) is 263 cm³/mol. The van der Waals surface area contributed by atoms with Gasteiger partial charge in [-0.3, -0.25) is 19.2 Å². The van der Waals surface area contributed by atoms with Crippen molar-refractivity contribution in [2.45, 2.75) is 209 Å². The number of fused-ring (bicyclic) bond motifs is 2. The number of carbonyl (C=O) groups is 6. The SMILES string of the molecule is C=C(C)C(=O)OC1(C(C)(C)COC)CCCC1.C=C(C)C(=O)OC1C2CC3C(=O)OC1C3C2.CCC(C)(C)C(=O)OC1(C(C)(C)COC)CCCC1.CCC(C)(C)C(=O)OC1C2CC3C(=O)OC1C3C2. The van der Waals surface area contributed by atoms with Crippen molar-refractivity contribution >= 4 is 35.8 Å². The molecule has 2 heterocycles. The maximum absolute atomic E-state index is 12.4. The highest BCUT2D eigenvalue weighted by molar-refractivity contribution is 5.88. The molecule has 4 bridgehead atoms. The molecule has 0 aromatic carbocycles. The van der Waals surface area contributed by atoms with E-state index in [4.69, 9.17) is 37.9 Å². The zero-order chi connectivity index (χ0) is 52.4. The van der Waals surface area contributed by atoms with Crippen molar-refractivity contribution in [1.82, 2.24) is 0 Å². The Hall–Kier alpha value is -3.78. The fourth-order valence-electron chi connectivity index (χ4n) is 12.2. The summed E-state index contributed by atoms with van der Waals surface area (Å²) < 4.78 is 44.1. The second-order valence-electron chi connectivity index (χ2n) is 24.4. The van der Waals surface area contributed by atoms with Crippen molar-refractivity contribution in [3.63, 3.8) is 0 Å². The summed E-state index contributed by atoms with van der Waals surface area (Å²) in [5, 5.41) is 0. The summed E-state index contributed by atoms with van der Waals surface area (Å²) in [7, 11) is 3.40. The molecule has 70 heavy (non-hydrogen) atoms. The van der Waals surface area contributed by atoms with E-state index < -0.39 is 10.8 Å². The molecule has 8 aliphatic rings. The summed E-state index contributed by atoms with van der Waals surface area (Å²) in [4.78, 5) is 70.9. The minimum absolute atomic E-state index is 0.0646. The molecule has 2 aliphatic heterocycles. The van der Waals surface area contributed by atoms with Gasteiger partial charge in [-0.2, -0.15) is 0 Å². The summed E-state index contributed by atoms with van der Waals surface area (Å²) in [5.41, 5.74) is -1.05. The zero-order valence-electron chi connectivity index (χ0n) is 45.2. The lowest BCUT2D eigenvalue weighted by Crippen LogP contribution is -2.50. The van der Waals surface area contributed by atoms with E-state index >= 15 is 0 Å². The maximum atomic E-state index is 12.4. The lowest BCUT2D eigenvalue weighted by atomic mass is 9.73. The molecule has 0 aromatic heterocycles. The average Bonchev–Trinajstić information content (AvgIpc) is 4.17. The lowest BCUT2D eigenvalue weighted by molar-refractivity contribution is -0.189. The standard InChI is InChI=1S/C16H30O3.C14H20O4.C14H24O3.C12H14O4/c1-7-14(2,3)13(17)19-16(10-8-9-11-16)15(4,5)12-18-6;1-4-14(2,3)13(16)18-10-7-5-8-9(6-7)12(15)17-11(8)10;1-11(2)12(15)17-14(8-6-7-9-14)13(3,4)10-16-5;1-5(2)11(13)15-9-6-3-7-8(4-6)12(14)16-10(7)9/h7-12H2,1-6H3;7-11H,4-6H2,1-3H3;1,6-10H2,2-5H3;6-10H,1,3-4H2,2H3. The molecule has 10 atom stereocenters. The Labute approximate surface area is 418 Å². The highest BCUT2D eigenvalue weighted by Gasteiger charge is 2.65. The molecule has 8 fully saturated rings. The van der Waals surface area contributed by atoms with E-state index in [1.165, 1.54) is 0 Å². The zero-order valence-corrected chi connectivity index (χ0v) is 45.2. The third-order valence-electron chi connectivity index (χ3n) is 17.8. The molecule has 8 rings (SSSR count). The maximum Gasteiger partial charge on any atom is 0.333 e. The molecule has 0 spiro atoms. The van der Waals surface area contributed by atoms with Gasteiger partial charge in [0.05, 0.1) is 35.9 Å². The third-order valence-corrected chi connectivity index (χ3v) is 17.8. The largest absolute Gasteiger partial charge is 0.458 e. The quantitative estimate of drug-likeness (QED) is 0.0811. The first-order valence-corrected chi connectivity index (χ1v) is 26.2. The highest BCUT2D eigenvalue weighted by Crippen LogP contribution is 2.57. The Morgan fingerprint density at radius 3 is 1.31 bits per heavy atom. The molecule has 6 saturated carbocycles. The Morgan fingerprint density at radius 2 is 0.943 bits per heavy atom. The van der Waals surface area contributed by atoms with Crippen LogP contribution in [0, 0.1) is 57.2 Å². The van der Waals surface area contributed by atoms with Crippen LogP contribution < -0.4 is 0 Å². The van der Waals surface area contributed by atoms with E-state index in [-0.39, 0.29) is 100 Å². The normalized spacial score (nSPS) is 30.4. The molecule has 10 unspecified atom stereocenters. The summed E-state index contributed by atoms with van der Waals surface area (Å²) in [6.07, 6.45) is 12.6. The van der Waals surface area contributed by atoms with Gasteiger partial charge in [0.1, 0.15) is 35.6 Å². The van der Waals surface area contributed by atoms with Gasteiger partial charge in [-0.05, 0) is 131 Å². The van der Waals surface area contributed by atoms with Crippen LogP contribution in [-0.4, -0.2) is 98.9 Å². The molecular formula is C56H88O14. The van der Waals surface area contributed by atoms with Crippen LogP contribution in [0.1, 0.15) is 173 Å². The molecule has 14 heteroatoms. The first-order chi connectivity index (χ1) is 32.6. The molecule has 396 valence electrons. The van der Waals surface area contributed by atoms with Gasteiger partial charge in [0.15, 0.2) is 0 Å².